The van der Waals surface area contributed by atoms with Crippen molar-refractivity contribution in [3.05, 3.63) is 47.0 Å². The molecule has 2 aromatic rings. The normalized spacial score (nSPS) is 12.0. The molecular formula is C25H32F2O2. The molecule has 0 spiro atoms. The molecular weight excluding hydrogens is 370 g/mol. The van der Waals surface area contributed by atoms with Crippen LogP contribution in [0.3, 0.4) is 0 Å². The average Bonchev–Trinajstić information content (AvgIpc) is 3.08. The molecule has 0 saturated heterocycles. The quantitative estimate of drug-likeness (QED) is 0.293. The molecule has 0 aromatic heterocycles. The first-order chi connectivity index (χ1) is 14.2. The largest absolute Gasteiger partial charge is 0.494 e. The highest BCUT2D eigenvalue weighted by Crippen LogP contribution is 2.43. The lowest BCUT2D eigenvalue weighted by atomic mass is 10.0. The topological polar surface area (TPSA) is 18.5 Å². The van der Waals surface area contributed by atoms with Crippen LogP contribution >= 0.6 is 0 Å². The Morgan fingerprint density at radius 1 is 0.759 bits per heavy atom. The van der Waals surface area contributed by atoms with E-state index in [2.05, 4.69) is 13.8 Å². The summed E-state index contributed by atoms with van der Waals surface area (Å²) in [7, 11) is 0. The van der Waals surface area contributed by atoms with Crippen molar-refractivity contribution in [1.29, 1.82) is 0 Å². The molecule has 29 heavy (non-hydrogen) atoms. The van der Waals surface area contributed by atoms with Crippen LogP contribution in [0.5, 0.6) is 11.5 Å². The first kappa shape index (κ1) is 21.6. The fourth-order valence-electron chi connectivity index (χ4n) is 3.87. The minimum atomic E-state index is -0.886. The number of benzene rings is 2. The van der Waals surface area contributed by atoms with Crippen LogP contribution in [0.2, 0.25) is 0 Å². The number of unbranched alkanes of at least 4 members (excludes halogenated alkanes) is 6. The molecule has 2 aromatic carbocycles. The minimum absolute atomic E-state index is 0.0259. The summed E-state index contributed by atoms with van der Waals surface area (Å²) in [6, 6.07) is 7.32. The van der Waals surface area contributed by atoms with Crippen molar-refractivity contribution in [3.63, 3.8) is 0 Å². The van der Waals surface area contributed by atoms with E-state index < -0.39 is 11.6 Å². The summed E-state index contributed by atoms with van der Waals surface area (Å²) in [5.74, 6) is -0.874. The van der Waals surface area contributed by atoms with Crippen LogP contribution in [0, 0.1) is 11.6 Å². The van der Waals surface area contributed by atoms with Gasteiger partial charge in [-0.15, -0.1) is 0 Å². The summed E-state index contributed by atoms with van der Waals surface area (Å²) in [4.78, 5) is 0. The molecule has 0 radical (unpaired) electrons. The van der Waals surface area contributed by atoms with Gasteiger partial charge in [0, 0.05) is 5.56 Å². The van der Waals surface area contributed by atoms with Gasteiger partial charge in [0.1, 0.15) is 5.75 Å². The smallest absolute Gasteiger partial charge is 0.201 e. The summed E-state index contributed by atoms with van der Waals surface area (Å²) in [5, 5.41) is 0. The van der Waals surface area contributed by atoms with Gasteiger partial charge < -0.3 is 9.47 Å². The molecule has 0 bridgehead atoms. The highest BCUT2D eigenvalue weighted by atomic mass is 19.2. The third-order valence-corrected chi connectivity index (χ3v) is 5.50. The first-order valence-electron chi connectivity index (χ1n) is 11.1. The second-order valence-corrected chi connectivity index (χ2v) is 7.85. The summed E-state index contributed by atoms with van der Waals surface area (Å²) >= 11 is 0. The fraction of sp³-hybridized carbons (Fsp3) is 0.520. The molecule has 158 valence electrons. The van der Waals surface area contributed by atoms with Gasteiger partial charge in [0.25, 0.3) is 0 Å². The molecule has 0 N–H and O–H groups in total. The molecule has 1 aliphatic carbocycles. The van der Waals surface area contributed by atoms with Gasteiger partial charge in [-0.05, 0) is 54.2 Å². The van der Waals surface area contributed by atoms with Gasteiger partial charge >= 0.3 is 0 Å². The molecule has 0 amide bonds. The van der Waals surface area contributed by atoms with Crippen LogP contribution in [-0.4, -0.2) is 13.2 Å². The van der Waals surface area contributed by atoms with E-state index in [-0.39, 0.29) is 5.75 Å². The molecule has 0 saturated carbocycles. The van der Waals surface area contributed by atoms with Crippen LogP contribution in [0.4, 0.5) is 8.78 Å². The van der Waals surface area contributed by atoms with E-state index in [1.54, 1.807) is 6.07 Å². The summed E-state index contributed by atoms with van der Waals surface area (Å²) in [6.07, 6.45) is 9.33. The highest BCUT2D eigenvalue weighted by Gasteiger charge is 2.27. The van der Waals surface area contributed by atoms with Gasteiger partial charge in [-0.3, -0.25) is 0 Å². The Morgan fingerprint density at radius 3 is 2.14 bits per heavy atom. The summed E-state index contributed by atoms with van der Waals surface area (Å²) < 4.78 is 40.8. The van der Waals surface area contributed by atoms with Crippen LogP contribution in [0.1, 0.15) is 76.3 Å². The SMILES string of the molecule is CCCCCCOc1ccc2c(c1)Cc1cc(OCCCCCC)c(F)c(F)c1-2. The molecule has 0 atom stereocenters. The Morgan fingerprint density at radius 2 is 1.45 bits per heavy atom. The second-order valence-electron chi connectivity index (χ2n) is 7.85. The van der Waals surface area contributed by atoms with E-state index in [4.69, 9.17) is 9.47 Å². The number of fused-ring (bicyclic) bond motifs is 3. The van der Waals surface area contributed by atoms with Crippen LogP contribution in [-0.2, 0) is 6.42 Å². The van der Waals surface area contributed by atoms with E-state index in [0.717, 1.165) is 54.5 Å². The van der Waals surface area contributed by atoms with Gasteiger partial charge in [-0.2, -0.15) is 4.39 Å². The monoisotopic (exact) mass is 402 g/mol. The van der Waals surface area contributed by atoms with E-state index in [1.165, 1.54) is 19.3 Å². The van der Waals surface area contributed by atoms with Gasteiger partial charge in [0.15, 0.2) is 11.6 Å². The van der Waals surface area contributed by atoms with E-state index in [0.29, 0.717) is 25.2 Å². The fourth-order valence-corrected chi connectivity index (χ4v) is 3.87. The zero-order valence-corrected chi connectivity index (χ0v) is 17.7. The van der Waals surface area contributed by atoms with Crippen LogP contribution in [0.25, 0.3) is 11.1 Å². The minimum Gasteiger partial charge on any atom is -0.494 e. The number of ether oxygens (including phenoxy) is 2. The molecule has 3 rings (SSSR count). The zero-order chi connectivity index (χ0) is 20.6. The average molecular weight is 403 g/mol. The summed E-state index contributed by atoms with van der Waals surface area (Å²) in [5.41, 5.74) is 2.88. The Labute approximate surface area is 173 Å². The predicted molar refractivity (Wildman–Crippen MR) is 114 cm³/mol. The third-order valence-electron chi connectivity index (χ3n) is 5.50. The van der Waals surface area contributed by atoms with Crippen molar-refractivity contribution in [2.45, 2.75) is 71.6 Å². The van der Waals surface area contributed by atoms with Crippen molar-refractivity contribution in [1.82, 2.24) is 0 Å². The standard InChI is InChI=1S/C25H32F2O2/c1-3-5-7-9-13-28-20-11-12-21-18(16-20)15-19-17-22(24(26)25(27)23(19)21)29-14-10-8-6-4-2/h11-12,16-17H,3-10,13-15H2,1-2H3. The van der Waals surface area contributed by atoms with Crippen LogP contribution < -0.4 is 9.47 Å². The van der Waals surface area contributed by atoms with Crippen molar-refractivity contribution in [2.75, 3.05) is 13.2 Å². The maximum absolute atomic E-state index is 14.8. The van der Waals surface area contributed by atoms with Gasteiger partial charge in [0.2, 0.25) is 5.82 Å². The molecule has 0 heterocycles. The molecule has 0 unspecified atom stereocenters. The van der Waals surface area contributed by atoms with Crippen molar-refractivity contribution in [3.8, 4) is 22.6 Å². The van der Waals surface area contributed by atoms with Crippen molar-refractivity contribution < 1.29 is 18.3 Å². The molecule has 0 aliphatic heterocycles. The molecule has 1 aliphatic rings. The van der Waals surface area contributed by atoms with Crippen molar-refractivity contribution >= 4 is 0 Å². The number of halogens is 2. The lowest BCUT2D eigenvalue weighted by Gasteiger charge is -2.11. The summed E-state index contributed by atoms with van der Waals surface area (Å²) in [6.45, 7) is 5.42. The Hall–Kier alpha value is -2.10. The van der Waals surface area contributed by atoms with Crippen LogP contribution in [0.15, 0.2) is 24.3 Å². The Kier molecular flexibility index (Phi) is 7.91. The van der Waals surface area contributed by atoms with E-state index in [9.17, 15) is 8.78 Å². The lowest BCUT2D eigenvalue weighted by Crippen LogP contribution is -2.02. The van der Waals surface area contributed by atoms with Gasteiger partial charge in [-0.25, -0.2) is 4.39 Å². The molecule has 4 heteroatoms. The Bertz CT molecular complexity index is 817. The maximum Gasteiger partial charge on any atom is 0.201 e. The van der Waals surface area contributed by atoms with Crippen molar-refractivity contribution in [2.24, 2.45) is 0 Å². The number of hydrogen-bond acceptors (Lipinski definition) is 2. The zero-order valence-electron chi connectivity index (χ0n) is 17.7. The lowest BCUT2D eigenvalue weighted by molar-refractivity contribution is 0.285. The predicted octanol–water partition coefficient (Wildman–Crippen LogP) is 7.45. The highest BCUT2D eigenvalue weighted by molar-refractivity contribution is 5.78. The molecule has 2 nitrogen and oxygen atoms in total. The van der Waals surface area contributed by atoms with Gasteiger partial charge in [0.05, 0.1) is 13.2 Å². The third kappa shape index (κ3) is 5.29. The van der Waals surface area contributed by atoms with E-state index in [1.807, 2.05) is 18.2 Å². The Balaban J connectivity index is 1.67. The number of rotatable bonds is 12. The maximum atomic E-state index is 14.8. The first-order valence-corrected chi connectivity index (χ1v) is 11.1. The second kappa shape index (κ2) is 10.6. The molecule has 0 fully saturated rings. The van der Waals surface area contributed by atoms with Gasteiger partial charge in [-0.1, -0.05) is 58.4 Å². The van der Waals surface area contributed by atoms with E-state index >= 15 is 0 Å². The number of hydrogen-bond donors (Lipinski definition) is 0.